The van der Waals surface area contributed by atoms with Crippen molar-refractivity contribution in [1.82, 2.24) is 0 Å². The quantitative estimate of drug-likeness (QED) is 0.587. The first-order valence-electron chi connectivity index (χ1n) is 7.41. The van der Waals surface area contributed by atoms with Crippen molar-refractivity contribution in [2.24, 2.45) is 0 Å². The van der Waals surface area contributed by atoms with E-state index in [0.29, 0.717) is 0 Å². The van der Waals surface area contributed by atoms with Crippen LogP contribution in [0, 0.1) is 13.8 Å². The molecule has 0 nitrogen and oxygen atoms in total. The van der Waals surface area contributed by atoms with Crippen molar-refractivity contribution in [3.63, 3.8) is 0 Å². The highest BCUT2D eigenvalue weighted by atomic mass is 31.6. The van der Waals surface area contributed by atoms with Crippen LogP contribution < -0.4 is 10.4 Å². The van der Waals surface area contributed by atoms with Crippen LogP contribution in [0.4, 0.5) is 0 Å². The number of hydrogen-bond acceptors (Lipinski definition) is 0. The van der Waals surface area contributed by atoms with Crippen molar-refractivity contribution >= 4 is 35.8 Å². The molecule has 0 unspecified atom stereocenters. The summed E-state index contributed by atoms with van der Waals surface area (Å²) in [5.74, 6) is 0. The van der Waals surface area contributed by atoms with Crippen molar-refractivity contribution in [2.75, 3.05) is 0 Å². The molecule has 2 aromatic rings. The van der Waals surface area contributed by atoms with E-state index in [4.69, 9.17) is 0 Å². The molecule has 0 amide bonds. The molecule has 0 heterocycles. The zero-order valence-corrected chi connectivity index (χ0v) is 16.8. The van der Waals surface area contributed by atoms with Crippen LogP contribution in [0.15, 0.2) is 48.5 Å². The predicted octanol–water partition coefficient (Wildman–Crippen LogP) is 2.31. The summed E-state index contributed by atoms with van der Waals surface area (Å²) in [5, 5.41) is 3.40. The van der Waals surface area contributed by atoms with E-state index >= 15 is 0 Å². The number of hydrogen-bond donors (Lipinski definition) is 0. The van der Waals surface area contributed by atoms with Gasteiger partial charge in [0.2, 0.25) is 0 Å². The summed E-state index contributed by atoms with van der Waals surface area (Å²) < 4.78 is 0. The summed E-state index contributed by atoms with van der Waals surface area (Å²) in [7, 11) is 0.0590. The molecule has 3 heteroatoms. The monoisotopic (exact) mass is 316 g/mol. The zero-order chi connectivity index (χ0) is 14.5. The van der Waals surface area contributed by atoms with Gasteiger partial charge in [0, 0.05) is 0 Å². The number of aryl methyl sites for hydroxylation is 2. The molecule has 106 valence electrons. The Bertz CT molecular complexity index is 519. The molecule has 0 aromatic heterocycles. The lowest BCUT2D eigenvalue weighted by molar-refractivity contribution is 1.11. The van der Waals surface area contributed by atoms with Crippen molar-refractivity contribution in [3.8, 4) is 0 Å². The summed E-state index contributed by atoms with van der Waals surface area (Å²) in [6.45, 7) is 9.46. The van der Waals surface area contributed by atoms with E-state index in [1.165, 1.54) is 11.1 Å². The van der Waals surface area contributed by atoms with Crippen LogP contribution in [-0.2, 0) is 0 Å². The van der Waals surface area contributed by atoms with Gasteiger partial charge in [-0.15, -0.1) is 7.02 Å². The lowest BCUT2D eigenvalue weighted by Crippen LogP contribution is -2.26. The van der Waals surface area contributed by atoms with Gasteiger partial charge in [0.1, 0.15) is 0 Å². The summed E-state index contributed by atoms with van der Waals surface area (Å²) in [6, 6.07) is 18.1. The Kier molecular flexibility index (Phi) is 5.77. The highest BCUT2D eigenvalue weighted by molar-refractivity contribution is 8.09. The molecule has 20 heavy (non-hydrogen) atoms. The van der Waals surface area contributed by atoms with Gasteiger partial charge in [0.25, 0.3) is 0 Å². The summed E-state index contributed by atoms with van der Waals surface area (Å²) in [6.07, 6.45) is 0. The third-order valence-electron chi connectivity index (χ3n) is 4.00. The van der Waals surface area contributed by atoms with E-state index in [-0.39, 0.29) is 25.4 Å². The zero-order valence-electron chi connectivity index (χ0n) is 13.1. The Morgan fingerprint density at radius 1 is 0.750 bits per heavy atom. The van der Waals surface area contributed by atoms with Gasteiger partial charge in [-0.1, -0.05) is 83.9 Å². The van der Waals surface area contributed by atoms with Crippen molar-refractivity contribution in [2.45, 2.75) is 33.4 Å². The SMILES string of the molecule is Cc1ccccc1[SiH2]P([SiH2]c1ccccc1C)C(C)C. The summed E-state index contributed by atoms with van der Waals surface area (Å²) in [4.78, 5) is 0. The minimum absolute atomic E-state index is 0.107. The second-order valence-electron chi connectivity index (χ2n) is 5.85. The van der Waals surface area contributed by atoms with Crippen molar-refractivity contribution in [1.29, 1.82) is 0 Å². The first-order chi connectivity index (χ1) is 9.58. The summed E-state index contributed by atoms with van der Waals surface area (Å²) >= 11 is 0. The fourth-order valence-corrected chi connectivity index (χ4v) is 18.0. The van der Waals surface area contributed by atoms with Crippen LogP contribution in [-0.4, -0.2) is 24.0 Å². The molecule has 0 spiro atoms. The Morgan fingerprint density at radius 2 is 1.15 bits per heavy atom. The van der Waals surface area contributed by atoms with E-state index in [2.05, 4.69) is 76.2 Å². The highest BCUT2D eigenvalue weighted by Gasteiger charge is 2.16. The van der Waals surface area contributed by atoms with Gasteiger partial charge < -0.3 is 0 Å². The van der Waals surface area contributed by atoms with Gasteiger partial charge in [-0.25, -0.2) is 0 Å². The summed E-state index contributed by atoms with van der Waals surface area (Å²) in [5.41, 5.74) is 3.93. The van der Waals surface area contributed by atoms with Crippen LogP contribution in [0.25, 0.3) is 0 Å². The normalized spacial score (nSPS) is 13.8. The van der Waals surface area contributed by atoms with Crippen molar-refractivity contribution < 1.29 is 0 Å². The third kappa shape index (κ3) is 4.15. The lowest BCUT2D eigenvalue weighted by Gasteiger charge is -2.23. The van der Waals surface area contributed by atoms with Gasteiger partial charge >= 0.3 is 0 Å². The maximum Gasteiger partial charge on any atom is 0.0780 e. The van der Waals surface area contributed by atoms with E-state index in [0.717, 1.165) is 5.66 Å². The first kappa shape index (κ1) is 15.7. The smallest absolute Gasteiger partial charge is 0.0780 e. The molecule has 0 atom stereocenters. The molecule has 0 saturated carbocycles. The maximum atomic E-state index is 2.45. The lowest BCUT2D eigenvalue weighted by atomic mass is 10.2. The molecule has 2 aromatic carbocycles. The van der Waals surface area contributed by atoms with Gasteiger partial charge in [-0.05, 0) is 19.5 Å². The minimum Gasteiger partial charge on any atom is -0.130 e. The second kappa shape index (κ2) is 7.35. The Balaban J connectivity index is 2.16. The van der Waals surface area contributed by atoms with Gasteiger partial charge in [0.05, 0.1) is 18.4 Å². The van der Waals surface area contributed by atoms with Crippen LogP contribution >= 0.6 is 7.02 Å². The molecule has 0 radical (unpaired) electrons. The number of benzene rings is 2. The first-order valence-corrected chi connectivity index (χ1v) is 14.4. The molecule has 0 aliphatic heterocycles. The molecule has 0 saturated heterocycles. The van der Waals surface area contributed by atoms with E-state index in [1.54, 1.807) is 10.4 Å². The molecular weight excluding hydrogens is 291 g/mol. The molecule has 0 N–H and O–H groups in total. The molecule has 0 aliphatic rings. The fraction of sp³-hybridized carbons (Fsp3) is 0.294. The molecular formula is C17H25PSi2. The molecule has 0 bridgehead atoms. The van der Waals surface area contributed by atoms with E-state index in [9.17, 15) is 0 Å². The third-order valence-corrected chi connectivity index (χ3v) is 21.4. The van der Waals surface area contributed by atoms with Gasteiger partial charge in [-0.3, -0.25) is 0 Å². The fourth-order valence-electron chi connectivity index (χ4n) is 2.43. The Labute approximate surface area is 129 Å². The van der Waals surface area contributed by atoms with Crippen LogP contribution in [0.3, 0.4) is 0 Å². The molecule has 0 fully saturated rings. The number of rotatable bonds is 5. The minimum atomic E-state index is -0.107. The predicted molar refractivity (Wildman–Crippen MR) is 101 cm³/mol. The molecule has 0 aliphatic carbocycles. The van der Waals surface area contributed by atoms with Gasteiger partial charge in [0.15, 0.2) is 0 Å². The highest BCUT2D eigenvalue weighted by Crippen LogP contribution is 2.36. The second-order valence-corrected chi connectivity index (χ2v) is 19.7. The largest absolute Gasteiger partial charge is 0.130 e. The average Bonchev–Trinajstić information content (AvgIpc) is 2.42. The average molecular weight is 317 g/mol. The van der Waals surface area contributed by atoms with E-state index in [1.807, 2.05) is 0 Å². The van der Waals surface area contributed by atoms with Crippen LogP contribution in [0.5, 0.6) is 0 Å². The Hall–Kier alpha value is -0.696. The topological polar surface area (TPSA) is 0 Å². The Morgan fingerprint density at radius 3 is 1.50 bits per heavy atom. The van der Waals surface area contributed by atoms with Crippen molar-refractivity contribution in [3.05, 3.63) is 59.7 Å². The standard InChI is InChI=1S/C17H25PSi2/c1-13(2)18(19-16-11-7-5-9-14(16)3)20-17-12-8-6-10-15(17)4/h5-13H,19-20H2,1-4H3. The van der Waals surface area contributed by atoms with Gasteiger partial charge in [-0.2, -0.15) is 0 Å². The maximum absolute atomic E-state index is 2.45. The van der Waals surface area contributed by atoms with E-state index < -0.39 is 0 Å². The molecule has 2 rings (SSSR count). The van der Waals surface area contributed by atoms with Crippen LogP contribution in [0.2, 0.25) is 0 Å². The van der Waals surface area contributed by atoms with Crippen LogP contribution in [0.1, 0.15) is 25.0 Å².